The van der Waals surface area contributed by atoms with Gasteiger partial charge in [0.05, 0.1) is 0 Å². The predicted octanol–water partition coefficient (Wildman–Crippen LogP) is 1.78. The van der Waals surface area contributed by atoms with Gasteiger partial charge in [-0.15, -0.1) is 0 Å². The van der Waals surface area contributed by atoms with Crippen molar-refractivity contribution in [3.05, 3.63) is 22.4 Å². The van der Waals surface area contributed by atoms with Crippen molar-refractivity contribution in [1.82, 2.24) is 10.6 Å². The normalized spacial score (nSPS) is 9.94. The molecule has 5 heteroatoms. The molecule has 0 fully saturated rings. The van der Waals surface area contributed by atoms with Gasteiger partial charge in [0.1, 0.15) is 0 Å². The smallest absolute Gasteiger partial charge is 0.252 e. The monoisotopic (exact) mass is 254 g/mol. The van der Waals surface area contributed by atoms with Crippen molar-refractivity contribution >= 4 is 23.2 Å². The van der Waals surface area contributed by atoms with E-state index in [-0.39, 0.29) is 11.8 Å². The highest BCUT2D eigenvalue weighted by atomic mass is 32.1. The summed E-state index contributed by atoms with van der Waals surface area (Å²) in [5.41, 5.74) is 0.686. The van der Waals surface area contributed by atoms with Crippen LogP contribution in [0.3, 0.4) is 0 Å². The molecular formula is C12H18N2O2S. The number of nitrogens with one attached hydrogen (secondary N) is 2. The van der Waals surface area contributed by atoms with Crippen LogP contribution in [-0.2, 0) is 4.79 Å². The number of rotatable bonds is 7. The molecule has 2 amide bonds. The maximum atomic E-state index is 11.5. The van der Waals surface area contributed by atoms with Crippen molar-refractivity contribution in [3.63, 3.8) is 0 Å². The Morgan fingerprint density at radius 1 is 1.29 bits per heavy atom. The Kier molecular flexibility index (Phi) is 6.32. The fourth-order valence-corrected chi connectivity index (χ4v) is 1.94. The highest BCUT2D eigenvalue weighted by molar-refractivity contribution is 7.08. The summed E-state index contributed by atoms with van der Waals surface area (Å²) >= 11 is 1.50. The first kappa shape index (κ1) is 13.7. The fraction of sp³-hybridized carbons (Fsp3) is 0.500. The molecule has 0 aliphatic carbocycles. The Morgan fingerprint density at radius 2 is 2.12 bits per heavy atom. The number of amides is 2. The lowest BCUT2D eigenvalue weighted by Crippen LogP contribution is -2.27. The lowest BCUT2D eigenvalue weighted by molar-refractivity contribution is -0.121. The molecule has 0 saturated heterocycles. The van der Waals surface area contributed by atoms with Crippen molar-refractivity contribution in [2.75, 3.05) is 13.1 Å². The topological polar surface area (TPSA) is 58.2 Å². The van der Waals surface area contributed by atoms with Crippen molar-refractivity contribution < 1.29 is 9.59 Å². The van der Waals surface area contributed by atoms with E-state index in [9.17, 15) is 9.59 Å². The van der Waals surface area contributed by atoms with Gasteiger partial charge in [0.15, 0.2) is 0 Å². The lowest BCUT2D eigenvalue weighted by atomic mass is 10.2. The average Bonchev–Trinajstić information content (AvgIpc) is 2.85. The summed E-state index contributed by atoms with van der Waals surface area (Å²) in [7, 11) is 0. The van der Waals surface area contributed by atoms with Crippen LogP contribution in [0.1, 0.15) is 36.5 Å². The Bertz CT molecular complexity index is 349. The second-order valence-corrected chi connectivity index (χ2v) is 4.50. The molecule has 1 aromatic heterocycles. The summed E-state index contributed by atoms with van der Waals surface area (Å²) in [4.78, 5) is 22.8. The molecule has 94 valence electrons. The molecule has 0 saturated carbocycles. The minimum absolute atomic E-state index is 0.0524. The standard InChI is InChI=1S/C12H18N2O2S/c1-2-6-13-11(15)4-3-7-14-12(16)10-5-8-17-9-10/h5,8-9H,2-4,6-7H2,1H3,(H,13,15)(H,14,16). The molecule has 1 aromatic rings. The molecule has 0 unspecified atom stereocenters. The van der Waals surface area contributed by atoms with Crippen molar-refractivity contribution in [3.8, 4) is 0 Å². The summed E-state index contributed by atoms with van der Waals surface area (Å²) in [6.45, 7) is 3.27. The van der Waals surface area contributed by atoms with Gasteiger partial charge in [-0.1, -0.05) is 6.92 Å². The van der Waals surface area contributed by atoms with Crippen LogP contribution in [0.2, 0.25) is 0 Å². The van der Waals surface area contributed by atoms with E-state index in [0.717, 1.165) is 13.0 Å². The molecular weight excluding hydrogens is 236 g/mol. The summed E-state index contributed by atoms with van der Waals surface area (Å²) in [5, 5.41) is 9.26. The molecule has 2 N–H and O–H groups in total. The predicted molar refractivity (Wildman–Crippen MR) is 69.2 cm³/mol. The first-order valence-corrected chi connectivity index (χ1v) is 6.75. The van der Waals surface area contributed by atoms with Gasteiger partial charge in [0.2, 0.25) is 5.91 Å². The first-order chi connectivity index (χ1) is 8.24. The Hall–Kier alpha value is -1.36. The van der Waals surface area contributed by atoms with E-state index < -0.39 is 0 Å². The summed E-state index contributed by atoms with van der Waals surface area (Å²) in [5.74, 6) is -0.0168. The lowest BCUT2D eigenvalue weighted by Gasteiger charge is -2.04. The van der Waals surface area contributed by atoms with Crippen LogP contribution < -0.4 is 10.6 Å². The van der Waals surface area contributed by atoms with Gasteiger partial charge in [-0.05, 0) is 24.3 Å². The van der Waals surface area contributed by atoms with E-state index in [2.05, 4.69) is 10.6 Å². The van der Waals surface area contributed by atoms with Gasteiger partial charge >= 0.3 is 0 Å². The Balaban J connectivity index is 2.08. The van der Waals surface area contributed by atoms with Crippen LogP contribution in [-0.4, -0.2) is 24.9 Å². The molecule has 0 atom stereocenters. The van der Waals surface area contributed by atoms with E-state index in [0.29, 0.717) is 24.9 Å². The zero-order chi connectivity index (χ0) is 12.5. The molecule has 0 spiro atoms. The van der Waals surface area contributed by atoms with Gasteiger partial charge in [0.25, 0.3) is 5.91 Å². The van der Waals surface area contributed by atoms with E-state index in [1.54, 1.807) is 6.07 Å². The van der Waals surface area contributed by atoms with Gasteiger partial charge in [-0.3, -0.25) is 9.59 Å². The highest BCUT2D eigenvalue weighted by Crippen LogP contribution is 2.05. The molecule has 17 heavy (non-hydrogen) atoms. The maximum Gasteiger partial charge on any atom is 0.252 e. The molecule has 1 heterocycles. The Labute approximate surface area is 105 Å². The van der Waals surface area contributed by atoms with Crippen LogP contribution >= 0.6 is 11.3 Å². The Morgan fingerprint density at radius 3 is 2.76 bits per heavy atom. The molecule has 4 nitrogen and oxygen atoms in total. The SMILES string of the molecule is CCCNC(=O)CCCNC(=O)c1ccsc1. The number of carbonyl (C=O) groups excluding carboxylic acids is 2. The molecule has 1 rings (SSSR count). The minimum atomic E-state index is -0.0692. The van der Waals surface area contributed by atoms with Crippen LogP contribution in [0.4, 0.5) is 0 Å². The third-order valence-corrected chi connectivity index (χ3v) is 2.90. The highest BCUT2D eigenvalue weighted by Gasteiger charge is 2.05. The van der Waals surface area contributed by atoms with E-state index >= 15 is 0 Å². The summed E-state index contributed by atoms with van der Waals surface area (Å²) in [6.07, 6.45) is 2.08. The van der Waals surface area contributed by atoms with Crippen LogP contribution in [0.5, 0.6) is 0 Å². The second-order valence-electron chi connectivity index (χ2n) is 3.72. The third-order valence-electron chi connectivity index (χ3n) is 2.22. The van der Waals surface area contributed by atoms with Gasteiger partial charge < -0.3 is 10.6 Å². The van der Waals surface area contributed by atoms with Crippen molar-refractivity contribution in [2.45, 2.75) is 26.2 Å². The molecule has 0 aliphatic rings. The van der Waals surface area contributed by atoms with Crippen LogP contribution in [0.25, 0.3) is 0 Å². The zero-order valence-corrected chi connectivity index (χ0v) is 10.8. The van der Waals surface area contributed by atoms with Gasteiger partial charge in [-0.2, -0.15) is 11.3 Å². The second kappa shape index (κ2) is 7.84. The van der Waals surface area contributed by atoms with Gasteiger partial charge in [-0.25, -0.2) is 0 Å². The zero-order valence-electron chi connectivity index (χ0n) is 9.99. The van der Waals surface area contributed by atoms with Crippen molar-refractivity contribution in [2.24, 2.45) is 0 Å². The number of carbonyl (C=O) groups is 2. The molecule has 0 bridgehead atoms. The van der Waals surface area contributed by atoms with Gasteiger partial charge in [0, 0.05) is 30.5 Å². The van der Waals surface area contributed by atoms with E-state index in [4.69, 9.17) is 0 Å². The molecule has 0 aromatic carbocycles. The van der Waals surface area contributed by atoms with E-state index in [1.807, 2.05) is 17.7 Å². The number of hydrogen-bond donors (Lipinski definition) is 2. The minimum Gasteiger partial charge on any atom is -0.356 e. The average molecular weight is 254 g/mol. The fourth-order valence-electron chi connectivity index (χ4n) is 1.30. The maximum absolute atomic E-state index is 11.5. The first-order valence-electron chi connectivity index (χ1n) is 5.81. The number of thiophene rings is 1. The van der Waals surface area contributed by atoms with Crippen LogP contribution in [0, 0.1) is 0 Å². The quantitative estimate of drug-likeness (QED) is 0.729. The molecule has 0 aliphatic heterocycles. The largest absolute Gasteiger partial charge is 0.356 e. The van der Waals surface area contributed by atoms with Crippen LogP contribution in [0.15, 0.2) is 16.8 Å². The third kappa shape index (κ3) is 5.49. The summed E-state index contributed by atoms with van der Waals surface area (Å²) < 4.78 is 0. The van der Waals surface area contributed by atoms with Crippen molar-refractivity contribution in [1.29, 1.82) is 0 Å². The number of hydrogen-bond acceptors (Lipinski definition) is 3. The molecule has 0 radical (unpaired) electrons. The summed E-state index contributed by atoms with van der Waals surface area (Å²) in [6, 6.07) is 1.79. The van der Waals surface area contributed by atoms with E-state index in [1.165, 1.54) is 11.3 Å².